The number of thiocarbonyl (C=S) groups is 1. The van der Waals surface area contributed by atoms with Crippen LogP contribution in [0.4, 0.5) is 11.4 Å². The van der Waals surface area contributed by atoms with Gasteiger partial charge in [0.2, 0.25) is 5.91 Å². The topological polar surface area (TPSA) is 63.5 Å². The fourth-order valence-corrected chi connectivity index (χ4v) is 3.04. The first-order valence-corrected chi connectivity index (χ1v) is 8.64. The molecule has 5 nitrogen and oxygen atoms in total. The lowest BCUT2D eigenvalue weighted by Crippen LogP contribution is -2.34. The Morgan fingerprint density at radius 3 is 2.41 bits per heavy atom. The summed E-state index contributed by atoms with van der Waals surface area (Å²) in [5.74, 6) is 0.707. The maximum atomic E-state index is 12.4. The van der Waals surface area contributed by atoms with Crippen LogP contribution in [-0.4, -0.2) is 20.9 Å². The molecule has 0 fully saturated rings. The minimum absolute atomic E-state index is 0.00352. The molecule has 7 heteroatoms. The van der Waals surface area contributed by atoms with Gasteiger partial charge in [0.05, 0.1) is 10.6 Å². The molecule has 1 amide bonds. The summed E-state index contributed by atoms with van der Waals surface area (Å²) in [4.78, 5) is 24.2. The predicted molar refractivity (Wildman–Crippen MR) is 95.5 cm³/mol. The summed E-state index contributed by atoms with van der Waals surface area (Å²) in [7, 11) is 0. The Hall–Kier alpha value is -1.47. The van der Waals surface area contributed by atoms with Crippen LogP contribution in [0.15, 0.2) is 24.3 Å². The van der Waals surface area contributed by atoms with Crippen LogP contribution in [0.1, 0.15) is 39.5 Å². The van der Waals surface area contributed by atoms with Gasteiger partial charge in [0.1, 0.15) is 4.32 Å². The monoisotopic (exact) mass is 340 g/mol. The van der Waals surface area contributed by atoms with Gasteiger partial charge in [-0.15, -0.1) is 0 Å². The third kappa shape index (κ3) is 5.38. The quantitative estimate of drug-likeness (QED) is 0.315. The summed E-state index contributed by atoms with van der Waals surface area (Å²) in [5.41, 5.74) is 0.578. The molecule has 0 radical (unpaired) electrons. The van der Waals surface area contributed by atoms with Crippen molar-refractivity contribution in [3.05, 3.63) is 34.4 Å². The number of rotatable bonds is 7. The number of hydrogen-bond acceptors (Lipinski definition) is 5. The molecule has 1 rings (SSSR count). The minimum Gasteiger partial charge on any atom is -0.274 e. The fourth-order valence-electron chi connectivity index (χ4n) is 1.90. The van der Waals surface area contributed by atoms with Crippen LogP contribution in [0.25, 0.3) is 0 Å². The maximum Gasteiger partial charge on any atom is 0.269 e. The second kappa shape index (κ2) is 9.53. The Bertz CT molecular complexity index is 532. The molecule has 1 aromatic carbocycles. The van der Waals surface area contributed by atoms with Crippen molar-refractivity contribution < 1.29 is 9.72 Å². The summed E-state index contributed by atoms with van der Waals surface area (Å²) in [6.07, 6.45) is 3.28. The Morgan fingerprint density at radius 1 is 1.27 bits per heavy atom. The molecule has 0 saturated carbocycles. The molecule has 0 atom stereocenters. The Morgan fingerprint density at radius 2 is 1.91 bits per heavy atom. The lowest BCUT2D eigenvalue weighted by molar-refractivity contribution is -0.384. The average molecular weight is 340 g/mol. The first kappa shape index (κ1) is 18.6. The molecule has 0 aliphatic carbocycles. The Balaban J connectivity index is 2.96. The summed E-state index contributed by atoms with van der Waals surface area (Å²) < 4.78 is 0.484. The summed E-state index contributed by atoms with van der Waals surface area (Å²) >= 11 is 6.75. The third-order valence-corrected chi connectivity index (χ3v) is 4.27. The Kier molecular flexibility index (Phi) is 8.05. The van der Waals surface area contributed by atoms with E-state index in [-0.39, 0.29) is 11.6 Å². The molecule has 22 heavy (non-hydrogen) atoms. The zero-order valence-electron chi connectivity index (χ0n) is 12.8. The molecule has 0 spiro atoms. The number of amides is 1. The number of anilines is 1. The zero-order valence-corrected chi connectivity index (χ0v) is 14.4. The molecule has 0 N–H and O–H groups in total. The number of carbonyl (C=O) groups excluding carboxylic acids is 1. The largest absolute Gasteiger partial charge is 0.274 e. The predicted octanol–water partition coefficient (Wildman–Crippen LogP) is 4.55. The van der Waals surface area contributed by atoms with Gasteiger partial charge in [-0.3, -0.25) is 19.8 Å². The van der Waals surface area contributed by atoms with E-state index < -0.39 is 4.92 Å². The lowest BCUT2D eigenvalue weighted by Gasteiger charge is -2.22. The van der Waals surface area contributed by atoms with Gasteiger partial charge in [0.25, 0.3) is 5.69 Å². The van der Waals surface area contributed by atoms with Crippen molar-refractivity contribution in [1.29, 1.82) is 0 Å². The van der Waals surface area contributed by atoms with Crippen molar-refractivity contribution in [2.45, 2.75) is 39.5 Å². The molecule has 0 aromatic heterocycles. The maximum absolute atomic E-state index is 12.4. The highest BCUT2D eigenvalue weighted by molar-refractivity contribution is 8.23. The van der Waals surface area contributed by atoms with Gasteiger partial charge in [0, 0.05) is 18.6 Å². The second-order valence-electron chi connectivity index (χ2n) is 4.66. The molecule has 0 unspecified atom stereocenters. The number of benzene rings is 1. The van der Waals surface area contributed by atoms with Crippen LogP contribution in [0.5, 0.6) is 0 Å². The highest BCUT2D eigenvalue weighted by atomic mass is 32.2. The number of hydrogen-bond donors (Lipinski definition) is 0. The van der Waals surface area contributed by atoms with Gasteiger partial charge in [-0.2, -0.15) is 0 Å². The molecule has 1 aromatic rings. The van der Waals surface area contributed by atoms with E-state index in [1.807, 2.05) is 6.92 Å². The third-order valence-electron chi connectivity index (χ3n) is 3.01. The van der Waals surface area contributed by atoms with E-state index in [2.05, 4.69) is 6.92 Å². The standard InChI is InChI=1S/C15H20N2O3S2/c1-3-5-6-7-14(18)16(15(21)22-4-2)12-8-10-13(11-9-12)17(19)20/h8-11H,3-7H2,1-2H3. The number of non-ortho nitro benzene ring substituents is 1. The molecular weight excluding hydrogens is 320 g/mol. The van der Waals surface area contributed by atoms with Crippen molar-refractivity contribution >= 4 is 45.6 Å². The van der Waals surface area contributed by atoms with Gasteiger partial charge in [0.15, 0.2) is 0 Å². The van der Waals surface area contributed by atoms with Crippen molar-refractivity contribution in [2.24, 2.45) is 0 Å². The van der Waals surface area contributed by atoms with Crippen LogP contribution < -0.4 is 4.90 Å². The molecular formula is C15H20N2O3S2. The number of unbranched alkanes of at least 4 members (excludes halogenated alkanes) is 2. The molecule has 0 bridgehead atoms. The minimum atomic E-state index is -0.462. The number of carbonyl (C=O) groups is 1. The fraction of sp³-hybridized carbons (Fsp3) is 0.467. The highest BCUT2D eigenvalue weighted by Gasteiger charge is 2.20. The molecule has 0 saturated heterocycles. The van der Waals surface area contributed by atoms with E-state index >= 15 is 0 Å². The zero-order chi connectivity index (χ0) is 16.5. The summed E-state index contributed by atoms with van der Waals surface area (Å²) in [5, 5.41) is 10.7. The van der Waals surface area contributed by atoms with E-state index in [1.54, 1.807) is 12.1 Å². The molecule has 0 aliphatic rings. The number of nitro groups is 1. The highest BCUT2D eigenvalue weighted by Crippen LogP contribution is 2.24. The summed E-state index contributed by atoms with van der Waals surface area (Å²) in [6.45, 7) is 4.04. The Labute approximate surface area is 140 Å². The first-order valence-electron chi connectivity index (χ1n) is 7.25. The van der Waals surface area contributed by atoms with Crippen LogP contribution in [0.3, 0.4) is 0 Å². The van der Waals surface area contributed by atoms with Gasteiger partial charge in [-0.25, -0.2) is 0 Å². The first-order chi connectivity index (χ1) is 10.5. The van der Waals surface area contributed by atoms with Gasteiger partial charge >= 0.3 is 0 Å². The SMILES string of the molecule is CCCCCC(=O)N(C(=S)SCC)c1ccc([N+](=O)[O-])cc1. The van der Waals surface area contributed by atoms with Crippen LogP contribution in [0, 0.1) is 10.1 Å². The van der Waals surface area contributed by atoms with E-state index in [4.69, 9.17) is 12.2 Å². The normalized spacial score (nSPS) is 10.3. The van der Waals surface area contributed by atoms with E-state index in [1.165, 1.54) is 28.8 Å². The number of nitrogens with zero attached hydrogens (tertiary/aromatic N) is 2. The lowest BCUT2D eigenvalue weighted by atomic mass is 10.2. The van der Waals surface area contributed by atoms with Crippen LogP contribution >= 0.6 is 24.0 Å². The van der Waals surface area contributed by atoms with Crippen molar-refractivity contribution in [1.82, 2.24) is 0 Å². The summed E-state index contributed by atoms with van der Waals surface area (Å²) in [6, 6.07) is 5.92. The van der Waals surface area contributed by atoms with Gasteiger partial charge in [-0.1, -0.05) is 50.7 Å². The van der Waals surface area contributed by atoms with E-state index in [9.17, 15) is 14.9 Å². The van der Waals surface area contributed by atoms with Crippen LogP contribution in [-0.2, 0) is 4.79 Å². The molecule has 0 aliphatic heterocycles. The van der Waals surface area contributed by atoms with Gasteiger partial charge in [-0.05, 0) is 24.3 Å². The van der Waals surface area contributed by atoms with Crippen LogP contribution in [0.2, 0.25) is 0 Å². The average Bonchev–Trinajstić information content (AvgIpc) is 2.48. The molecule has 0 heterocycles. The second-order valence-corrected chi connectivity index (χ2v) is 6.56. The van der Waals surface area contributed by atoms with Crippen molar-refractivity contribution in [2.75, 3.05) is 10.7 Å². The molecule has 120 valence electrons. The van der Waals surface area contributed by atoms with E-state index in [0.29, 0.717) is 16.4 Å². The number of nitro benzene ring substituents is 1. The number of thioether (sulfide) groups is 1. The smallest absolute Gasteiger partial charge is 0.269 e. The van der Waals surface area contributed by atoms with E-state index in [0.717, 1.165) is 25.0 Å². The van der Waals surface area contributed by atoms with Gasteiger partial charge < -0.3 is 0 Å². The van der Waals surface area contributed by atoms with Crippen molar-refractivity contribution in [3.8, 4) is 0 Å². The van der Waals surface area contributed by atoms with Crippen molar-refractivity contribution in [3.63, 3.8) is 0 Å².